The Morgan fingerprint density at radius 2 is 2.14 bits per heavy atom. The van der Waals surface area contributed by atoms with Crippen molar-refractivity contribution in [3.05, 3.63) is 60.3 Å². The minimum atomic E-state index is -0.493. The molecular formula is C20H18FN3O4. The van der Waals surface area contributed by atoms with Gasteiger partial charge in [0.2, 0.25) is 5.88 Å². The predicted molar refractivity (Wildman–Crippen MR) is 99.9 cm³/mol. The van der Waals surface area contributed by atoms with Gasteiger partial charge in [-0.3, -0.25) is 4.79 Å². The van der Waals surface area contributed by atoms with Gasteiger partial charge in [0, 0.05) is 17.3 Å². The third-order valence-electron chi connectivity index (χ3n) is 4.24. The zero-order valence-corrected chi connectivity index (χ0v) is 14.9. The second-order valence-electron chi connectivity index (χ2n) is 6.25. The fraction of sp³-hybridized carbons (Fsp3) is 0.250. The molecule has 144 valence electrons. The highest BCUT2D eigenvalue weighted by molar-refractivity contribution is 6.04. The van der Waals surface area contributed by atoms with Crippen molar-refractivity contribution in [2.24, 2.45) is 0 Å². The highest BCUT2D eigenvalue weighted by atomic mass is 19.1. The van der Waals surface area contributed by atoms with Crippen molar-refractivity contribution in [3.63, 3.8) is 0 Å². The Labute approximate surface area is 160 Å². The van der Waals surface area contributed by atoms with Gasteiger partial charge in [-0.05, 0) is 41.8 Å². The number of nitrogens with one attached hydrogen (secondary N) is 1. The van der Waals surface area contributed by atoms with Crippen LogP contribution < -0.4 is 10.1 Å². The van der Waals surface area contributed by atoms with Crippen LogP contribution in [-0.2, 0) is 9.47 Å². The van der Waals surface area contributed by atoms with Gasteiger partial charge in [0.15, 0.2) is 0 Å². The van der Waals surface area contributed by atoms with E-state index in [1.54, 1.807) is 12.3 Å². The maximum atomic E-state index is 12.9. The lowest BCUT2D eigenvalue weighted by molar-refractivity contribution is -0.101. The topological polar surface area (TPSA) is 82.6 Å². The third kappa shape index (κ3) is 4.24. The minimum absolute atomic E-state index is 0.118. The molecule has 4 rings (SSSR count). The summed E-state index contributed by atoms with van der Waals surface area (Å²) in [5, 5.41) is 4.43. The molecular weight excluding hydrogens is 365 g/mol. The zero-order chi connectivity index (χ0) is 19.3. The molecule has 1 fully saturated rings. The summed E-state index contributed by atoms with van der Waals surface area (Å²) in [6, 6.07) is 9.74. The number of aromatic nitrogens is 2. The molecule has 1 atom stereocenters. The summed E-state index contributed by atoms with van der Waals surface area (Å²) >= 11 is 0. The number of halogens is 1. The van der Waals surface area contributed by atoms with E-state index in [0.717, 1.165) is 17.0 Å². The SMILES string of the molecule is O=C(Nc1ccc2c(OC[C@@H]3COCCO3)nccc2c1)c1ccc(F)cn1. The van der Waals surface area contributed by atoms with Gasteiger partial charge in [0.1, 0.15) is 24.2 Å². The Morgan fingerprint density at radius 3 is 2.93 bits per heavy atom. The molecule has 0 radical (unpaired) electrons. The van der Waals surface area contributed by atoms with Crippen LogP contribution in [0.2, 0.25) is 0 Å². The van der Waals surface area contributed by atoms with Gasteiger partial charge >= 0.3 is 0 Å². The molecule has 1 aromatic carbocycles. The van der Waals surface area contributed by atoms with Crippen molar-refractivity contribution in [1.29, 1.82) is 0 Å². The standard InChI is InChI=1S/C20H18FN3O4/c21-14-1-4-18(23-10-14)19(25)24-15-2-3-17-13(9-15)5-6-22-20(17)28-12-16-11-26-7-8-27-16/h1-6,9-10,16H,7-8,11-12H2,(H,24,25)/t16-/m0/s1. The quantitative estimate of drug-likeness (QED) is 0.730. The first-order chi connectivity index (χ1) is 13.7. The van der Waals surface area contributed by atoms with E-state index in [4.69, 9.17) is 14.2 Å². The number of hydrogen-bond acceptors (Lipinski definition) is 6. The van der Waals surface area contributed by atoms with E-state index in [2.05, 4.69) is 15.3 Å². The van der Waals surface area contributed by atoms with Crippen molar-refractivity contribution < 1.29 is 23.4 Å². The molecule has 0 unspecified atom stereocenters. The molecule has 1 N–H and O–H groups in total. The maximum absolute atomic E-state index is 12.9. The smallest absolute Gasteiger partial charge is 0.274 e. The van der Waals surface area contributed by atoms with Crippen molar-refractivity contribution in [1.82, 2.24) is 9.97 Å². The monoisotopic (exact) mass is 383 g/mol. The molecule has 2 aromatic heterocycles. The summed E-state index contributed by atoms with van der Waals surface area (Å²) in [6.07, 6.45) is 2.53. The molecule has 0 bridgehead atoms. The Bertz CT molecular complexity index is 975. The molecule has 0 saturated carbocycles. The lowest BCUT2D eigenvalue weighted by Gasteiger charge is -2.22. The normalized spacial score (nSPS) is 16.7. The molecule has 1 aliphatic heterocycles. The molecule has 1 aliphatic rings. The highest BCUT2D eigenvalue weighted by Crippen LogP contribution is 2.26. The number of anilines is 1. The van der Waals surface area contributed by atoms with E-state index in [0.29, 0.717) is 38.0 Å². The van der Waals surface area contributed by atoms with E-state index in [1.165, 1.54) is 12.1 Å². The fourth-order valence-electron chi connectivity index (χ4n) is 2.85. The van der Waals surface area contributed by atoms with Crippen LogP contribution in [0.3, 0.4) is 0 Å². The molecule has 28 heavy (non-hydrogen) atoms. The number of fused-ring (bicyclic) bond motifs is 1. The van der Waals surface area contributed by atoms with Crippen molar-refractivity contribution >= 4 is 22.4 Å². The Balaban J connectivity index is 1.48. The van der Waals surface area contributed by atoms with Crippen LogP contribution in [0.25, 0.3) is 10.8 Å². The Hall–Kier alpha value is -3.10. The number of nitrogens with zero attached hydrogens (tertiary/aromatic N) is 2. The van der Waals surface area contributed by atoms with Gasteiger partial charge < -0.3 is 19.5 Å². The van der Waals surface area contributed by atoms with E-state index in [1.807, 2.05) is 18.2 Å². The molecule has 0 aliphatic carbocycles. The van der Waals surface area contributed by atoms with Gasteiger partial charge in [0.25, 0.3) is 5.91 Å². The van der Waals surface area contributed by atoms with Crippen LogP contribution in [0.15, 0.2) is 48.8 Å². The lowest BCUT2D eigenvalue weighted by Crippen LogP contribution is -2.33. The van der Waals surface area contributed by atoms with E-state index >= 15 is 0 Å². The molecule has 3 aromatic rings. The van der Waals surface area contributed by atoms with E-state index in [-0.39, 0.29) is 11.8 Å². The number of amides is 1. The van der Waals surface area contributed by atoms with Crippen LogP contribution >= 0.6 is 0 Å². The number of carbonyl (C=O) groups is 1. The average Bonchev–Trinajstić information content (AvgIpc) is 2.73. The van der Waals surface area contributed by atoms with Gasteiger partial charge in [-0.15, -0.1) is 0 Å². The summed E-state index contributed by atoms with van der Waals surface area (Å²) in [7, 11) is 0. The summed E-state index contributed by atoms with van der Waals surface area (Å²) in [6.45, 7) is 2.01. The summed E-state index contributed by atoms with van der Waals surface area (Å²) in [5.74, 6) is -0.420. The Morgan fingerprint density at radius 1 is 1.21 bits per heavy atom. The fourth-order valence-corrected chi connectivity index (χ4v) is 2.85. The van der Waals surface area contributed by atoms with E-state index < -0.39 is 11.7 Å². The molecule has 8 heteroatoms. The van der Waals surface area contributed by atoms with Crippen molar-refractivity contribution in [2.45, 2.75) is 6.10 Å². The van der Waals surface area contributed by atoms with Crippen molar-refractivity contribution in [3.8, 4) is 5.88 Å². The van der Waals surface area contributed by atoms with Crippen LogP contribution in [0.5, 0.6) is 5.88 Å². The number of pyridine rings is 2. The number of carbonyl (C=O) groups excluding carboxylic acids is 1. The number of rotatable bonds is 5. The van der Waals surface area contributed by atoms with Crippen LogP contribution in [0, 0.1) is 5.82 Å². The summed E-state index contributed by atoms with van der Waals surface area (Å²) in [5.41, 5.74) is 0.722. The van der Waals surface area contributed by atoms with Gasteiger partial charge in [0.05, 0.1) is 26.0 Å². The summed E-state index contributed by atoms with van der Waals surface area (Å²) < 4.78 is 29.7. The lowest BCUT2D eigenvalue weighted by atomic mass is 10.1. The van der Waals surface area contributed by atoms with Gasteiger partial charge in [-0.25, -0.2) is 14.4 Å². The number of benzene rings is 1. The first-order valence-electron chi connectivity index (χ1n) is 8.83. The van der Waals surface area contributed by atoms with Crippen molar-refractivity contribution in [2.75, 3.05) is 31.7 Å². The second-order valence-corrected chi connectivity index (χ2v) is 6.25. The highest BCUT2D eigenvalue weighted by Gasteiger charge is 2.16. The molecule has 3 heterocycles. The maximum Gasteiger partial charge on any atom is 0.274 e. The average molecular weight is 383 g/mol. The minimum Gasteiger partial charge on any atom is -0.474 e. The van der Waals surface area contributed by atoms with Gasteiger partial charge in [-0.1, -0.05) is 0 Å². The first kappa shape index (κ1) is 18.3. The van der Waals surface area contributed by atoms with Crippen LogP contribution in [0.4, 0.5) is 10.1 Å². The van der Waals surface area contributed by atoms with Gasteiger partial charge in [-0.2, -0.15) is 0 Å². The summed E-state index contributed by atoms with van der Waals surface area (Å²) in [4.78, 5) is 20.3. The third-order valence-corrected chi connectivity index (χ3v) is 4.24. The molecule has 7 nitrogen and oxygen atoms in total. The second kappa shape index (κ2) is 8.28. The number of hydrogen-bond donors (Lipinski definition) is 1. The first-order valence-corrected chi connectivity index (χ1v) is 8.83. The Kier molecular flexibility index (Phi) is 5.41. The predicted octanol–water partition coefficient (Wildman–Crippen LogP) is 2.82. The molecule has 1 saturated heterocycles. The molecule has 0 spiro atoms. The zero-order valence-electron chi connectivity index (χ0n) is 14.9. The largest absolute Gasteiger partial charge is 0.474 e. The van der Waals surface area contributed by atoms with Crippen LogP contribution in [-0.4, -0.2) is 48.4 Å². The van der Waals surface area contributed by atoms with E-state index in [9.17, 15) is 9.18 Å². The number of ether oxygens (including phenoxy) is 3. The van der Waals surface area contributed by atoms with Crippen LogP contribution in [0.1, 0.15) is 10.5 Å². The molecule has 1 amide bonds.